The van der Waals surface area contributed by atoms with E-state index < -0.39 is 29.7 Å². The summed E-state index contributed by atoms with van der Waals surface area (Å²) < 4.78 is 13.9. The average Bonchev–Trinajstić information content (AvgIpc) is 3.52. The number of piperazine rings is 1. The molecule has 9 rings (SSSR count). The summed E-state index contributed by atoms with van der Waals surface area (Å²) in [7, 11) is 1.51. The Labute approximate surface area is 380 Å². The van der Waals surface area contributed by atoms with Crippen LogP contribution in [0.1, 0.15) is 86.1 Å². The number of nitrogens with one attached hydrogen (secondary N) is 3. The summed E-state index contributed by atoms with van der Waals surface area (Å²) >= 11 is 6.60. The predicted molar refractivity (Wildman–Crippen MR) is 243 cm³/mol. The summed E-state index contributed by atoms with van der Waals surface area (Å²) in [5.74, 6) is -1.24. The smallest absolute Gasteiger partial charge is 0.293 e. The number of aromatic nitrogens is 3. The number of likely N-dealkylation sites (N-methyl/N-ethyl adjacent to an activating group) is 1. The van der Waals surface area contributed by atoms with E-state index in [0.717, 1.165) is 79.9 Å². The molecular formula is C46H53ClN10O8. The monoisotopic (exact) mass is 908 g/mol. The van der Waals surface area contributed by atoms with Gasteiger partial charge in [-0.05, 0) is 95.3 Å². The van der Waals surface area contributed by atoms with Crippen LogP contribution in [-0.4, -0.2) is 131 Å². The van der Waals surface area contributed by atoms with Crippen LogP contribution in [0.2, 0.25) is 5.02 Å². The van der Waals surface area contributed by atoms with Gasteiger partial charge in [0.1, 0.15) is 11.1 Å². The van der Waals surface area contributed by atoms with E-state index in [9.17, 15) is 28.8 Å². The van der Waals surface area contributed by atoms with Gasteiger partial charge in [-0.2, -0.15) is 4.98 Å². The van der Waals surface area contributed by atoms with Crippen molar-refractivity contribution in [2.24, 2.45) is 0 Å². The molecule has 18 nitrogen and oxygen atoms in total. The predicted octanol–water partition coefficient (Wildman–Crippen LogP) is 4.02. The number of amides is 5. The quantitative estimate of drug-likeness (QED) is 0.172. The van der Waals surface area contributed by atoms with E-state index in [2.05, 4.69) is 42.6 Å². The maximum atomic E-state index is 13.4. The first kappa shape index (κ1) is 44.1. The van der Waals surface area contributed by atoms with Crippen molar-refractivity contribution in [2.45, 2.75) is 95.7 Å². The number of piperidine rings is 2. The van der Waals surface area contributed by atoms with Gasteiger partial charge in [-0.1, -0.05) is 11.6 Å². The van der Waals surface area contributed by atoms with Gasteiger partial charge in [0.2, 0.25) is 17.8 Å². The topological polar surface area (TPSA) is 201 Å². The summed E-state index contributed by atoms with van der Waals surface area (Å²) in [6.45, 7) is 9.70. The number of rotatable bonds is 12. The molecule has 1 unspecified atom stereocenters. The largest absolute Gasteiger partial charge is 0.478 e. The number of pyridine rings is 1. The molecule has 3 saturated heterocycles. The highest BCUT2D eigenvalue weighted by molar-refractivity contribution is 6.33. The van der Waals surface area contributed by atoms with Gasteiger partial charge in [0.05, 0.1) is 35.0 Å². The first-order valence-electron chi connectivity index (χ1n) is 22.3. The molecule has 5 amide bonds. The summed E-state index contributed by atoms with van der Waals surface area (Å²) in [6, 6.07) is 12.1. The highest BCUT2D eigenvalue weighted by Crippen LogP contribution is 2.36. The molecule has 0 spiro atoms. The third kappa shape index (κ3) is 8.73. The number of hydrogen-bond acceptors (Lipinski definition) is 14. The van der Waals surface area contributed by atoms with Gasteiger partial charge >= 0.3 is 0 Å². The van der Waals surface area contributed by atoms with E-state index >= 15 is 0 Å². The highest BCUT2D eigenvalue weighted by Gasteiger charge is 2.45. The molecule has 342 valence electrons. The second kappa shape index (κ2) is 18.0. The summed E-state index contributed by atoms with van der Waals surface area (Å²) in [4.78, 5) is 93.2. The molecule has 0 radical (unpaired) electrons. The number of halogens is 1. The number of carbonyl (C=O) groups is 5. The lowest BCUT2D eigenvalue weighted by Crippen LogP contribution is -2.59. The van der Waals surface area contributed by atoms with Crippen LogP contribution < -0.4 is 36.0 Å². The number of benzene rings is 2. The third-order valence-corrected chi connectivity index (χ3v) is 13.5. The van der Waals surface area contributed by atoms with Crippen LogP contribution in [0.3, 0.4) is 0 Å². The molecule has 65 heavy (non-hydrogen) atoms. The first-order chi connectivity index (χ1) is 31.3. The van der Waals surface area contributed by atoms with Crippen molar-refractivity contribution in [1.29, 1.82) is 0 Å². The fraction of sp³-hybridized carbons (Fsp3) is 0.478. The van der Waals surface area contributed by atoms with Gasteiger partial charge < -0.3 is 34.5 Å². The molecular weight excluding hydrogens is 856 g/mol. The van der Waals surface area contributed by atoms with Crippen molar-refractivity contribution in [3.05, 3.63) is 75.2 Å². The van der Waals surface area contributed by atoms with Gasteiger partial charge in [0.25, 0.3) is 23.3 Å². The zero-order valence-electron chi connectivity index (χ0n) is 36.8. The molecule has 2 aromatic heterocycles. The molecule has 6 heterocycles. The van der Waals surface area contributed by atoms with Crippen LogP contribution in [-0.2, 0) is 19.1 Å². The standard InChI is InChI=1S/C46H53ClN10O8/c1-25(2)56-36-8-5-28(17-27(36)18-38(45(56)63)64-24-40(59)48-4)50-41-35(47)22-49-46(52-41)53-13-11-31(12-14-53)65-32-19-30(20-32)54-15-16-55(26(3)23-54)29-6-7-33-34(21-29)44(62)57(43(33)61)37-9-10-39(58)51-42(37)60/h5-8,17-18,21-22,25-26,30-32,37H,9-16,19-20,23-24H2,1-4H3,(H,48,59)(H,49,50,52)(H,51,58,60)/t26-,30-,32-,37?/m0/s1. The normalized spacial score (nSPS) is 22.9. The summed E-state index contributed by atoms with van der Waals surface area (Å²) in [6.07, 6.45) is 5.79. The minimum atomic E-state index is -0.989. The van der Waals surface area contributed by atoms with Crippen molar-refractivity contribution < 1.29 is 33.4 Å². The molecule has 19 heteroatoms. The van der Waals surface area contributed by atoms with E-state index in [1.807, 2.05) is 38.1 Å². The number of anilines is 4. The molecule has 2 aromatic carbocycles. The van der Waals surface area contributed by atoms with Crippen molar-refractivity contribution in [3.8, 4) is 5.75 Å². The fourth-order valence-corrected chi connectivity index (χ4v) is 9.85. The highest BCUT2D eigenvalue weighted by atomic mass is 35.5. The molecule has 2 atom stereocenters. The number of fused-ring (bicyclic) bond motifs is 2. The van der Waals surface area contributed by atoms with E-state index in [1.165, 1.54) is 7.05 Å². The van der Waals surface area contributed by atoms with E-state index in [4.69, 9.17) is 26.1 Å². The molecule has 4 aromatic rings. The van der Waals surface area contributed by atoms with Crippen molar-refractivity contribution >= 4 is 75.2 Å². The Morgan fingerprint density at radius 1 is 0.938 bits per heavy atom. The van der Waals surface area contributed by atoms with Gasteiger partial charge in [0.15, 0.2) is 18.2 Å². The summed E-state index contributed by atoms with van der Waals surface area (Å²) in [5.41, 5.74) is 2.56. The van der Waals surface area contributed by atoms with Gasteiger partial charge in [0, 0.05) is 81.1 Å². The van der Waals surface area contributed by atoms with Crippen molar-refractivity contribution in [1.82, 2.24) is 35.0 Å². The molecule has 5 aliphatic rings. The first-order valence-corrected chi connectivity index (χ1v) is 22.7. The van der Waals surface area contributed by atoms with Crippen LogP contribution in [0, 0.1) is 0 Å². The number of hydrogen-bond donors (Lipinski definition) is 3. The van der Waals surface area contributed by atoms with E-state index in [0.29, 0.717) is 34.1 Å². The number of carbonyl (C=O) groups excluding carboxylic acids is 5. The second-order valence-corrected chi connectivity index (χ2v) is 18.2. The van der Waals surface area contributed by atoms with Crippen molar-refractivity contribution in [2.75, 3.05) is 61.5 Å². The maximum Gasteiger partial charge on any atom is 0.293 e. The Hall–Kier alpha value is -6.11. The number of imide groups is 2. The minimum Gasteiger partial charge on any atom is -0.478 e. The zero-order valence-corrected chi connectivity index (χ0v) is 37.6. The SMILES string of the molecule is CNC(=O)COc1cc2cc(Nc3nc(N4CCC(O[C@H]5C[C@H](N6CCN(c7ccc8c(c7)C(=O)N(C7CCC(=O)NC7=O)C8=O)[C@@H](C)C6)C5)CC4)ncc3Cl)ccc2n(C(C)C)c1=O. The van der Waals surface area contributed by atoms with Crippen LogP contribution >= 0.6 is 11.6 Å². The van der Waals surface area contributed by atoms with Crippen molar-refractivity contribution in [3.63, 3.8) is 0 Å². The van der Waals surface area contributed by atoms with E-state index in [-0.39, 0.29) is 66.5 Å². The Balaban J connectivity index is 0.755. The minimum absolute atomic E-state index is 0.0812. The number of ether oxygens (including phenoxy) is 2. The molecule has 0 bridgehead atoms. The fourth-order valence-electron chi connectivity index (χ4n) is 9.71. The lowest BCUT2D eigenvalue weighted by molar-refractivity contribution is -0.136. The maximum absolute atomic E-state index is 13.4. The second-order valence-electron chi connectivity index (χ2n) is 17.8. The molecule has 1 saturated carbocycles. The Morgan fingerprint density at radius 2 is 1.71 bits per heavy atom. The molecule has 1 aliphatic carbocycles. The van der Waals surface area contributed by atoms with Crippen LogP contribution in [0.5, 0.6) is 5.75 Å². The Bertz CT molecular complexity index is 2630. The third-order valence-electron chi connectivity index (χ3n) is 13.3. The van der Waals surface area contributed by atoms with Gasteiger partial charge in [-0.15, -0.1) is 0 Å². The van der Waals surface area contributed by atoms with Gasteiger partial charge in [-0.3, -0.25) is 43.9 Å². The van der Waals surface area contributed by atoms with Crippen LogP contribution in [0.25, 0.3) is 10.9 Å². The lowest BCUT2D eigenvalue weighted by atomic mass is 9.86. The zero-order chi connectivity index (χ0) is 45.7. The molecule has 4 aliphatic heterocycles. The van der Waals surface area contributed by atoms with Gasteiger partial charge in [-0.25, -0.2) is 4.98 Å². The number of nitrogens with zero attached hydrogens (tertiary/aromatic N) is 7. The van der Waals surface area contributed by atoms with E-state index in [1.54, 1.807) is 29.0 Å². The van der Waals surface area contributed by atoms with Crippen LogP contribution in [0.15, 0.2) is 53.5 Å². The Kier molecular flexibility index (Phi) is 12.2. The molecule has 3 N–H and O–H groups in total. The summed E-state index contributed by atoms with van der Waals surface area (Å²) in [5, 5.41) is 9.18. The average molecular weight is 909 g/mol. The van der Waals surface area contributed by atoms with Crippen LogP contribution in [0.4, 0.5) is 23.1 Å². The Morgan fingerprint density at radius 3 is 2.43 bits per heavy atom. The lowest BCUT2D eigenvalue weighted by Gasteiger charge is -2.49. The molecule has 4 fully saturated rings.